The van der Waals surface area contributed by atoms with Gasteiger partial charge >= 0.3 is 6.18 Å². The van der Waals surface area contributed by atoms with Crippen molar-refractivity contribution in [2.75, 3.05) is 13.1 Å². The predicted molar refractivity (Wildman–Crippen MR) is 107 cm³/mol. The largest absolute Gasteiger partial charge is 0.389 e. The van der Waals surface area contributed by atoms with E-state index in [0.29, 0.717) is 28.9 Å². The van der Waals surface area contributed by atoms with Gasteiger partial charge in [0.2, 0.25) is 0 Å². The summed E-state index contributed by atoms with van der Waals surface area (Å²) < 4.78 is 37.4. The van der Waals surface area contributed by atoms with Gasteiger partial charge < -0.3 is 10.2 Å². The van der Waals surface area contributed by atoms with Crippen LogP contribution >= 0.6 is 0 Å². The Morgan fingerprint density at radius 2 is 2.13 bits per heavy atom. The quantitative estimate of drug-likeness (QED) is 0.630. The highest BCUT2D eigenvalue weighted by Crippen LogP contribution is 2.31. The first-order valence-electron chi connectivity index (χ1n) is 9.56. The van der Waals surface area contributed by atoms with E-state index < -0.39 is 24.5 Å². The van der Waals surface area contributed by atoms with E-state index in [1.54, 1.807) is 26.8 Å². The maximum Gasteiger partial charge on any atom is 0.389 e. The van der Waals surface area contributed by atoms with E-state index in [9.17, 15) is 22.8 Å². The lowest BCUT2D eigenvalue weighted by molar-refractivity contribution is -0.134. The molecule has 0 bridgehead atoms. The zero-order chi connectivity index (χ0) is 22.6. The molecule has 0 spiro atoms. The van der Waals surface area contributed by atoms with E-state index >= 15 is 0 Å². The number of hydrogen-bond donors (Lipinski definition) is 2. The number of halogens is 3. The normalized spacial score (nSPS) is 15.4. The molecule has 30 heavy (non-hydrogen) atoms. The molecule has 1 aromatic rings. The Labute approximate surface area is 173 Å². The number of amides is 2. The summed E-state index contributed by atoms with van der Waals surface area (Å²) in [4.78, 5) is 30.5. The Morgan fingerprint density at radius 3 is 2.67 bits per heavy atom. The third kappa shape index (κ3) is 5.14. The summed E-state index contributed by atoms with van der Waals surface area (Å²) in [7, 11) is 0. The minimum absolute atomic E-state index is 0.0617. The average molecular weight is 422 g/mol. The summed E-state index contributed by atoms with van der Waals surface area (Å²) in [6.45, 7) is 9.23. The van der Waals surface area contributed by atoms with Crippen LogP contribution in [0.25, 0.3) is 0 Å². The highest BCUT2D eigenvalue weighted by molar-refractivity contribution is 6.45. The SMILES string of the molecule is C=CC1=C(C(=N)C(=O)NCC)CN(C(C)c2cnc(CCC(F)(F)F)c(C)c2)C1=O. The third-order valence-electron chi connectivity index (χ3n) is 5.02. The molecule has 0 aliphatic carbocycles. The van der Waals surface area contributed by atoms with Crippen molar-refractivity contribution in [1.82, 2.24) is 15.2 Å². The van der Waals surface area contributed by atoms with Crippen LogP contribution in [0.4, 0.5) is 13.2 Å². The number of nitrogens with one attached hydrogen (secondary N) is 2. The summed E-state index contributed by atoms with van der Waals surface area (Å²) in [6, 6.07) is 1.27. The van der Waals surface area contributed by atoms with E-state index in [2.05, 4.69) is 16.9 Å². The van der Waals surface area contributed by atoms with Crippen molar-refractivity contribution in [2.45, 2.75) is 45.8 Å². The van der Waals surface area contributed by atoms with Crippen molar-refractivity contribution < 1.29 is 22.8 Å². The van der Waals surface area contributed by atoms with Crippen LogP contribution in [-0.2, 0) is 16.0 Å². The molecule has 2 heterocycles. The molecule has 9 heteroatoms. The predicted octanol–water partition coefficient (Wildman–Crippen LogP) is 3.43. The van der Waals surface area contributed by atoms with Crippen LogP contribution in [0.3, 0.4) is 0 Å². The summed E-state index contributed by atoms with van der Waals surface area (Å²) in [5, 5.41) is 10.7. The van der Waals surface area contributed by atoms with Gasteiger partial charge in [-0.2, -0.15) is 13.2 Å². The van der Waals surface area contributed by atoms with E-state index in [4.69, 9.17) is 5.41 Å². The van der Waals surface area contributed by atoms with E-state index in [-0.39, 0.29) is 30.2 Å². The molecule has 1 aliphatic heterocycles. The number of rotatable bonds is 8. The lowest BCUT2D eigenvalue weighted by atomic mass is 10.0. The topological polar surface area (TPSA) is 86.2 Å². The maximum absolute atomic E-state index is 12.8. The van der Waals surface area contributed by atoms with Crippen molar-refractivity contribution in [2.24, 2.45) is 0 Å². The van der Waals surface area contributed by atoms with Crippen molar-refractivity contribution in [3.05, 3.63) is 52.9 Å². The van der Waals surface area contributed by atoms with E-state index in [1.807, 2.05) is 0 Å². The van der Waals surface area contributed by atoms with Crippen LogP contribution in [0, 0.1) is 12.3 Å². The molecule has 0 fully saturated rings. The van der Waals surface area contributed by atoms with Crippen LogP contribution in [0.2, 0.25) is 0 Å². The van der Waals surface area contributed by atoms with Gasteiger partial charge in [0.15, 0.2) is 0 Å². The molecule has 0 aromatic carbocycles. The monoisotopic (exact) mass is 422 g/mol. The van der Waals surface area contributed by atoms with E-state index in [1.165, 1.54) is 17.2 Å². The smallest absolute Gasteiger partial charge is 0.351 e. The Hall–Kier alpha value is -2.97. The van der Waals surface area contributed by atoms with Crippen LogP contribution in [0.5, 0.6) is 0 Å². The number of aryl methyl sites for hydroxylation is 2. The second kappa shape index (κ2) is 9.23. The van der Waals surface area contributed by atoms with Crippen LogP contribution in [0.1, 0.15) is 43.1 Å². The van der Waals surface area contributed by atoms with Crippen LogP contribution in [-0.4, -0.2) is 46.7 Å². The summed E-state index contributed by atoms with van der Waals surface area (Å²) in [5.41, 5.74) is 1.84. The first-order chi connectivity index (χ1) is 14.0. The molecule has 1 unspecified atom stereocenters. The molecule has 0 saturated heterocycles. The summed E-state index contributed by atoms with van der Waals surface area (Å²) in [5.74, 6) is -0.930. The van der Waals surface area contributed by atoms with Gasteiger partial charge in [-0.05, 0) is 38.3 Å². The fraction of sp³-hybridized carbons (Fsp3) is 0.429. The standard InChI is InChI=1S/C21H25F3N4O2/c1-5-15-16(18(25)19(29)26-6-2)11-28(20(15)30)13(4)14-9-12(3)17(27-10-14)7-8-21(22,23)24/h5,9-10,13,25H,1,6-8,11H2,2-4H3,(H,26,29). The van der Waals surface area contributed by atoms with Gasteiger partial charge in [-0.3, -0.25) is 20.0 Å². The second-order valence-corrected chi connectivity index (χ2v) is 7.09. The van der Waals surface area contributed by atoms with Gasteiger partial charge in [0, 0.05) is 42.5 Å². The number of alkyl halides is 3. The molecule has 2 N–H and O–H groups in total. The Balaban J connectivity index is 2.21. The lowest BCUT2D eigenvalue weighted by Crippen LogP contribution is -2.34. The highest BCUT2D eigenvalue weighted by atomic mass is 19.4. The van der Waals surface area contributed by atoms with Crippen molar-refractivity contribution in [3.63, 3.8) is 0 Å². The molecule has 1 atom stereocenters. The molecule has 162 valence electrons. The minimum Gasteiger partial charge on any atom is -0.351 e. The minimum atomic E-state index is -4.25. The molecule has 0 saturated carbocycles. The van der Waals surface area contributed by atoms with Crippen molar-refractivity contribution in [3.8, 4) is 0 Å². The van der Waals surface area contributed by atoms with Crippen molar-refractivity contribution in [1.29, 1.82) is 5.41 Å². The molecular formula is C21H25F3N4O2. The molecule has 0 radical (unpaired) electrons. The molecule has 1 aliphatic rings. The summed E-state index contributed by atoms with van der Waals surface area (Å²) in [6.07, 6.45) is -2.60. The number of carbonyl (C=O) groups excluding carboxylic acids is 2. The Kier molecular flexibility index (Phi) is 7.17. The molecule has 2 amide bonds. The van der Waals surface area contributed by atoms with Gasteiger partial charge in [-0.15, -0.1) is 0 Å². The highest BCUT2D eigenvalue weighted by Gasteiger charge is 2.35. The fourth-order valence-corrected chi connectivity index (χ4v) is 3.29. The van der Waals surface area contributed by atoms with E-state index in [0.717, 1.165) is 0 Å². The fourth-order valence-electron chi connectivity index (χ4n) is 3.29. The van der Waals surface area contributed by atoms with Gasteiger partial charge in [0.1, 0.15) is 5.71 Å². The van der Waals surface area contributed by atoms with Gasteiger partial charge in [-0.25, -0.2) is 0 Å². The first-order valence-corrected chi connectivity index (χ1v) is 9.56. The van der Waals surface area contributed by atoms with Gasteiger partial charge in [0.05, 0.1) is 6.04 Å². The van der Waals surface area contributed by atoms with Crippen LogP contribution in [0.15, 0.2) is 36.1 Å². The number of carbonyl (C=O) groups is 2. The number of aromatic nitrogens is 1. The van der Waals surface area contributed by atoms with Gasteiger partial charge in [0.25, 0.3) is 11.8 Å². The Bertz CT molecular complexity index is 906. The summed E-state index contributed by atoms with van der Waals surface area (Å²) >= 11 is 0. The third-order valence-corrected chi connectivity index (χ3v) is 5.02. The number of nitrogens with zero attached hydrogens (tertiary/aromatic N) is 2. The second-order valence-electron chi connectivity index (χ2n) is 7.09. The van der Waals surface area contributed by atoms with Crippen LogP contribution < -0.4 is 5.32 Å². The molecule has 2 rings (SSSR count). The zero-order valence-corrected chi connectivity index (χ0v) is 17.2. The molecule has 6 nitrogen and oxygen atoms in total. The lowest BCUT2D eigenvalue weighted by Gasteiger charge is -2.26. The molecule has 1 aromatic heterocycles. The Morgan fingerprint density at radius 1 is 1.47 bits per heavy atom. The number of pyridine rings is 1. The van der Waals surface area contributed by atoms with Gasteiger partial charge in [-0.1, -0.05) is 18.7 Å². The first kappa shape index (κ1) is 23.3. The molecular weight excluding hydrogens is 397 g/mol. The number of hydrogen-bond acceptors (Lipinski definition) is 4. The maximum atomic E-state index is 12.8. The average Bonchev–Trinajstić information content (AvgIpc) is 3.01. The zero-order valence-electron chi connectivity index (χ0n) is 17.2. The van der Waals surface area contributed by atoms with Crippen molar-refractivity contribution >= 4 is 17.5 Å².